The number of amides is 1. The molecule has 2 aromatic rings. The molecule has 0 radical (unpaired) electrons. The standard InChI is InChI=1S/C17H20N2O2S2/c1-9-15(23-17(18-9)12-4-5-22-8-12)16(21)19-14-11-3-2-10(6-11)13(14)7-20/h4-5,8,10-11,13-14,20H,2-3,6-7H2,1H3,(H,19,21). The van der Waals surface area contributed by atoms with Gasteiger partial charge in [0.25, 0.3) is 5.91 Å². The van der Waals surface area contributed by atoms with Gasteiger partial charge in [0.1, 0.15) is 9.88 Å². The van der Waals surface area contributed by atoms with Gasteiger partial charge in [-0.1, -0.05) is 0 Å². The number of rotatable bonds is 4. The number of nitrogens with one attached hydrogen (secondary N) is 1. The minimum absolute atomic E-state index is 0.0301. The lowest BCUT2D eigenvalue weighted by atomic mass is 9.85. The molecule has 122 valence electrons. The Morgan fingerprint density at radius 3 is 3.00 bits per heavy atom. The number of aliphatic hydroxyl groups is 1. The Kier molecular flexibility index (Phi) is 3.99. The number of aromatic nitrogens is 1. The third kappa shape index (κ3) is 2.62. The lowest BCUT2D eigenvalue weighted by Crippen LogP contribution is -2.45. The quantitative estimate of drug-likeness (QED) is 0.891. The summed E-state index contributed by atoms with van der Waals surface area (Å²) in [6, 6.07) is 2.15. The number of aryl methyl sites for hydroxylation is 1. The van der Waals surface area contributed by atoms with Crippen molar-refractivity contribution in [2.75, 3.05) is 6.61 Å². The second-order valence-electron chi connectivity index (χ2n) is 6.62. The van der Waals surface area contributed by atoms with Gasteiger partial charge >= 0.3 is 0 Å². The molecule has 2 aliphatic rings. The molecule has 0 aliphatic heterocycles. The highest BCUT2D eigenvalue weighted by Gasteiger charge is 2.47. The molecule has 2 fully saturated rings. The summed E-state index contributed by atoms with van der Waals surface area (Å²) in [5.41, 5.74) is 1.87. The summed E-state index contributed by atoms with van der Waals surface area (Å²) in [6.07, 6.45) is 3.52. The van der Waals surface area contributed by atoms with E-state index in [0.717, 1.165) is 22.7 Å². The highest BCUT2D eigenvalue weighted by atomic mass is 32.1. The molecule has 2 saturated carbocycles. The van der Waals surface area contributed by atoms with Crippen molar-refractivity contribution >= 4 is 28.6 Å². The van der Waals surface area contributed by atoms with Crippen molar-refractivity contribution in [1.82, 2.24) is 10.3 Å². The van der Waals surface area contributed by atoms with Gasteiger partial charge in [0, 0.05) is 29.5 Å². The fraction of sp³-hybridized carbons (Fsp3) is 0.529. The molecule has 2 aromatic heterocycles. The fourth-order valence-electron chi connectivity index (χ4n) is 4.23. The minimum atomic E-state index is -0.0301. The molecular weight excluding hydrogens is 328 g/mol. The summed E-state index contributed by atoms with van der Waals surface area (Å²) in [5, 5.41) is 17.8. The predicted octanol–water partition coefficient (Wildman–Crippen LogP) is 3.32. The molecule has 23 heavy (non-hydrogen) atoms. The van der Waals surface area contributed by atoms with Gasteiger partial charge in [-0.25, -0.2) is 4.98 Å². The molecule has 0 aromatic carbocycles. The van der Waals surface area contributed by atoms with Crippen molar-refractivity contribution in [3.63, 3.8) is 0 Å². The van der Waals surface area contributed by atoms with E-state index in [1.54, 1.807) is 11.3 Å². The van der Waals surface area contributed by atoms with Crippen LogP contribution < -0.4 is 5.32 Å². The maximum atomic E-state index is 12.7. The molecule has 2 heterocycles. The van der Waals surface area contributed by atoms with Crippen LogP contribution in [0.4, 0.5) is 0 Å². The fourth-order valence-corrected chi connectivity index (χ4v) is 5.91. The topological polar surface area (TPSA) is 62.2 Å². The molecule has 2 aliphatic carbocycles. The van der Waals surface area contributed by atoms with Crippen LogP contribution in [0.2, 0.25) is 0 Å². The van der Waals surface area contributed by atoms with Gasteiger partial charge in [0.05, 0.1) is 5.69 Å². The van der Waals surface area contributed by atoms with E-state index >= 15 is 0 Å². The largest absolute Gasteiger partial charge is 0.396 e. The first-order chi connectivity index (χ1) is 11.2. The Balaban J connectivity index is 1.53. The molecule has 0 spiro atoms. The van der Waals surface area contributed by atoms with E-state index < -0.39 is 0 Å². The van der Waals surface area contributed by atoms with E-state index in [0.29, 0.717) is 16.7 Å². The van der Waals surface area contributed by atoms with Gasteiger partial charge in [-0.05, 0) is 49.5 Å². The summed E-state index contributed by atoms with van der Waals surface area (Å²) in [6.45, 7) is 2.07. The Hall–Kier alpha value is -1.24. The van der Waals surface area contributed by atoms with Gasteiger partial charge in [-0.15, -0.1) is 11.3 Å². The predicted molar refractivity (Wildman–Crippen MR) is 92.8 cm³/mol. The lowest BCUT2D eigenvalue weighted by molar-refractivity contribution is 0.0865. The van der Waals surface area contributed by atoms with E-state index in [2.05, 4.69) is 15.7 Å². The van der Waals surface area contributed by atoms with E-state index in [1.165, 1.54) is 24.2 Å². The van der Waals surface area contributed by atoms with Crippen molar-refractivity contribution in [1.29, 1.82) is 0 Å². The zero-order valence-corrected chi connectivity index (χ0v) is 14.6. The van der Waals surface area contributed by atoms with Gasteiger partial charge in [0.15, 0.2) is 0 Å². The van der Waals surface area contributed by atoms with E-state index in [9.17, 15) is 9.90 Å². The molecule has 4 atom stereocenters. The number of carbonyl (C=O) groups is 1. The van der Waals surface area contributed by atoms with Crippen LogP contribution >= 0.6 is 22.7 Å². The Labute approximate surface area is 143 Å². The highest BCUT2D eigenvalue weighted by molar-refractivity contribution is 7.17. The molecule has 2 bridgehead atoms. The third-order valence-electron chi connectivity index (χ3n) is 5.37. The third-order valence-corrected chi connectivity index (χ3v) is 7.26. The number of thiophene rings is 1. The molecule has 0 saturated heterocycles. The Morgan fingerprint density at radius 2 is 2.26 bits per heavy atom. The lowest BCUT2D eigenvalue weighted by Gasteiger charge is -2.30. The maximum absolute atomic E-state index is 12.7. The zero-order valence-electron chi connectivity index (χ0n) is 13.0. The first kappa shape index (κ1) is 15.3. The van der Waals surface area contributed by atoms with Crippen molar-refractivity contribution in [2.45, 2.75) is 32.2 Å². The van der Waals surface area contributed by atoms with Crippen LogP contribution in [0, 0.1) is 24.7 Å². The summed E-state index contributed by atoms with van der Waals surface area (Å²) >= 11 is 3.09. The number of hydrogen-bond acceptors (Lipinski definition) is 5. The molecule has 4 rings (SSSR count). The van der Waals surface area contributed by atoms with Gasteiger partial charge in [-0.2, -0.15) is 11.3 Å². The normalized spacial score (nSPS) is 29.1. The first-order valence-electron chi connectivity index (χ1n) is 8.09. The second kappa shape index (κ2) is 6.00. The molecular formula is C17H20N2O2S2. The Bertz CT molecular complexity index is 710. The number of nitrogens with zero attached hydrogens (tertiary/aromatic N) is 1. The van der Waals surface area contributed by atoms with Crippen LogP contribution in [0.15, 0.2) is 16.8 Å². The second-order valence-corrected chi connectivity index (χ2v) is 8.40. The van der Waals surface area contributed by atoms with E-state index in [-0.39, 0.29) is 24.5 Å². The SMILES string of the molecule is Cc1nc(-c2ccsc2)sc1C(=O)NC1C2CCC(C2)C1CO. The number of aliphatic hydroxyl groups excluding tert-OH is 1. The average molecular weight is 348 g/mol. The molecule has 1 amide bonds. The zero-order chi connectivity index (χ0) is 16.0. The summed E-state index contributed by atoms with van der Waals surface area (Å²) < 4.78 is 0. The van der Waals surface area contributed by atoms with E-state index in [4.69, 9.17) is 0 Å². The Morgan fingerprint density at radius 1 is 1.43 bits per heavy atom. The van der Waals surface area contributed by atoms with Crippen molar-refractivity contribution in [3.8, 4) is 10.6 Å². The average Bonchev–Trinajstić information content (AvgIpc) is 3.30. The van der Waals surface area contributed by atoms with Gasteiger partial charge in [0.2, 0.25) is 0 Å². The van der Waals surface area contributed by atoms with Crippen molar-refractivity contribution in [2.24, 2.45) is 17.8 Å². The molecule has 2 N–H and O–H groups in total. The van der Waals surface area contributed by atoms with Gasteiger partial charge < -0.3 is 10.4 Å². The smallest absolute Gasteiger partial charge is 0.263 e. The number of thiazole rings is 1. The van der Waals surface area contributed by atoms with Crippen LogP contribution in [-0.2, 0) is 0 Å². The van der Waals surface area contributed by atoms with E-state index in [1.807, 2.05) is 18.4 Å². The van der Waals surface area contributed by atoms with Crippen LogP contribution in [0.3, 0.4) is 0 Å². The number of hydrogen-bond donors (Lipinski definition) is 2. The summed E-state index contributed by atoms with van der Waals surface area (Å²) in [5.74, 6) is 1.31. The first-order valence-corrected chi connectivity index (χ1v) is 9.85. The highest BCUT2D eigenvalue weighted by Crippen LogP contribution is 2.48. The minimum Gasteiger partial charge on any atom is -0.396 e. The number of fused-ring (bicyclic) bond motifs is 2. The van der Waals surface area contributed by atoms with Crippen LogP contribution in [0.1, 0.15) is 34.6 Å². The summed E-state index contributed by atoms with van der Waals surface area (Å²) in [4.78, 5) is 18.0. The number of carbonyl (C=O) groups excluding carboxylic acids is 1. The molecule has 6 heteroatoms. The van der Waals surface area contributed by atoms with Crippen LogP contribution in [-0.4, -0.2) is 28.6 Å². The monoisotopic (exact) mass is 348 g/mol. The maximum Gasteiger partial charge on any atom is 0.263 e. The summed E-state index contributed by atoms with van der Waals surface area (Å²) in [7, 11) is 0. The molecule has 4 nitrogen and oxygen atoms in total. The van der Waals surface area contributed by atoms with Crippen LogP contribution in [0.25, 0.3) is 10.6 Å². The van der Waals surface area contributed by atoms with Crippen LogP contribution in [0.5, 0.6) is 0 Å². The van der Waals surface area contributed by atoms with Crippen molar-refractivity contribution in [3.05, 3.63) is 27.4 Å². The molecule has 4 unspecified atom stereocenters. The van der Waals surface area contributed by atoms with Gasteiger partial charge in [-0.3, -0.25) is 4.79 Å². The van der Waals surface area contributed by atoms with Crippen molar-refractivity contribution < 1.29 is 9.90 Å².